The lowest BCUT2D eigenvalue weighted by Gasteiger charge is -2.20. The molecule has 1 N–H and O–H groups in total. The molecule has 0 spiro atoms. The van der Waals surface area contributed by atoms with E-state index in [2.05, 4.69) is 35.2 Å². The summed E-state index contributed by atoms with van der Waals surface area (Å²) in [5, 5.41) is 3.43. The molecule has 0 fully saturated rings. The highest BCUT2D eigenvalue weighted by Crippen LogP contribution is 2.28. The van der Waals surface area contributed by atoms with E-state index in [1.54, 1.807) is 13.3 Å². The Labute approximate surface area is 113 Å². The molecule has 0 aromatic carbocycles. The zero-order chi connectivity index (χ0) is 13.7. The minimum Gasteiger partial charge on any atom is -0.495 e. The fourth-order valence-corrected chi connectivity index (χ4v) is 2.12. The summed E-state index contributed by atoms with van der Waals surface area (Å²) in [5.41, 5.74) is 3.00. The molecule has 0 saturated heterocycles. The van der Waals surface area contributed by atoms with Crippen LogP contribution in [0, 0.1) is 6.92 Å². The summed E-state index contributed by atoms with van der Waals surface area (Å²) >= 11 is 0. The Hall–Kier alpha value is -1.94. The van der Waals surface area contributed by atoms with Gasteiger partial charge in [0.25, 0.3) is 0 Å². The van der Waals surface area contributed by atoms with Crippen molar-refractivity contribution in [2.24, 2.45) is 0 Å². The van der Waals surface area contributed by atoms with Crippen LogP contribution in [0.5, 0.6) is 5.75 Å². The van der Waals surface area contributed by atoms with Crippen molar-refractivity contribution in [3.63, 3.8) is 0 Å². The van der Waals surface area contributed by atoms with Crippen LogP contribution >= 0.6 is 0 Å². The van der Waals surface area contributed by atoms with Crippen LogP contribution in [0.25, 0.3) is 0 Å². The van der Waals surface area contributed by atoms with Crippen molar-refractivity contribution in [3.8, 4) is 5.75 Å². The Kier molecular flexibility index (Phi) is 4.47. The highest BCUT2D eigenvalue weighted by atomic mass is 16.5. The Morgan fingerprint density at radius 1 is 1.16 bits per heavy atom. The van der Waals surface area contributed by atoms with E-state index in [1.165, 1.54) is 0 Å². The number of hydrogen-bond acceptors (Lipinski definition) is 4. The summed E-state index contributed by atoms with van der Waals surface area (Å²) in [7, 11) is 1.66. The zero-order valence-corrected chi connectivity index (χ0v) is 11.6. The summed E-state index contributed by atoms with van der Waals surface area (Å²) in [6.07, 6.45) is 3.59. The normalized spacial score (nSPS) is 12.2. The first kappa shape index (κ1) is 13.5. The Bertz CT molecular complexity index is 542. The maximum Gasteiger partial charge on any atom is 0.142 e. The van der Waals surface area contributed by atoms with Crippen molar-refractivity contribution in [1.82, 2.24) is 15.3 Å². The minimum absolute atomic E-state index is 0.0534. The van der Waals surface area contributed by atoms with Crippen LogP contribution in [-0.4, -0.2) is 23.6 Å². The number of ether oxygens (including phenoxy) is 1. The van der Waals surface area contributed by atoms with Gasteiger partial charge in [0.05, 0.1) is 18.8 Å². The van der Waals surface area contributed by atoms with Crippen LogP contribution < -0.4 is 10.1 Å². The van der Waals surface area contributed by atoms with Gasteiger partial charge in [-0.1, -0.05) is 13.0 Å². The van der Waals surface area contributed by atoms with Gasteiger partial charge >= 0.3 is 0 Å². The van der Waals surface area contributed by atoms with Gasteiger partial charge in [0, 0.05) is 12.4 Å². The second kappa shape index (κ2) is 6.29. The Morgan fingerprint density at radius 2 is 1.84 bits per heavy atom. The summed E-state index contributed by atoms with van der Waals surface area (Å²) in [6, 6.07) is 7.74. The summed E-state index contributed by atoms with van der Waals surface area (Å²) in [6.45, 7) is 4.96. The molecule has 2 heterocycles. The van der Waals surface area contributed by atoms with Gasteiger partial charge in [-0.15, -0.1) is 0 Å². The smallest absolute Gasteiger partial charge is 0.142 e. The van der Waals surface area contributed by atoms with Gasteiger partial charge in [-0.05, 0) is 37.2 Å². The van der Waals surface area contributed by atoms with Gasteiger partial charge in [-0.3, -0.25) is 9.97 Å². The maximum absolute atomic E-state index is 5.40. The monoisotopic (exact) mass is 257 g/mol. The third kappa shape index (κ3) is 2.90. The molecule has 2 aromatic rings. The topological polar surface area (TPSA) is 47.0 Å². The van der Waals surface area contributed by atoms with Gasteiger partial charge in [-0.25, -0.2) is 0 Å². The van der Waals surface area contributed by atoms with E-state index >= 15 is 0 Å². The molecular weight excluding hydrogens is 238 g/mol. The predicted octanol–water partition coefficient (Wildman–Crippen LogP) is 2.49. The quantitative estimate of drug-likeness (QED) is 0.894. The van der Waals surface area contributed by atoms with Crippen molar-refractivity contribution in [3.05, 3.63) is 53.6 Å². The van der Waals surface area contributed by atoms with Gasteiger partial charge in [0.2, 0.25) is 0 Å². The van der Waals surface area contributed by atoms with E-state index in [4.69, 9.17) is 4.74 Å². The van der Waals surface area contributed by atoms with Crippen LogP contribution in [0.3, 0.4) is 0 Å². The molecular formula is C15H19N3O. The van der Waals surface area contributed by atoms with E-state index < -0.39 is 0 Å². The van der Waals surface area contributed by atoms with Crippen LogP contribution in [-0.2, 0) is 0 Å². The molecule has 1 atom stereocenters. The molecule has 0 aliphatic rings. The number of hydrogen-bond donors (Lipinski definition) is 1. The predicted molar refractivity (Wildman–Crippen MR) is 75.3 cm³/mol. The molecule has 0 saturated carbocycles. The van der Waals surface area contributed by atoms with Gasteiger partial charge < -0.3 is 10.1 Å². The Balaban J connectivity index is 2.49. The highest BCUT2D eigenvalue weighted by molar-refractivity contribution is 5.36. The third-order valence-electron chi connectivity index (χ3n) is 3.02. The van der Waals surface area contributed by atoms with Crippen molar-refractivity contribution in [1.29, 1.82) is 0 Å². The summed E-state index contributed by atoms with van der Waals surface area (Å²) in [4.78, 5) is 8.95. The number of nitrogens with one attached hydrogen (secondary N) is 1. The zero-order valence-electron chi connectivity index (χ0n) is 11.6. The molecule has 0 aliphatic carbocycles. The van der Waals surface area contributed by atoms with Gasteiger partial charge in [0.15, 0.2) is 0 Å². The molecule has 100 valence electrons. The van der Waals surface area contributed by atoms with Crippen LogP contribution in [0.4, 0.5) is 0 Å². The first-order chi connectivity index (χ1) is 9.27. The number of aryl methyl sites for hydroxylation is 1. The standard InChI is InChI=1S/C15H19N3O/c1-4-16-15(13-11(2)7-5-9-17-13)14-12(19-3)8-6-10-18-14/h5-10,15-16H,4H2,1-3H3. The van der Waals surface area contributed by atoms with Crippen molar-refractivity contribution in [2.75, 3.05) is 13.7 Å². The van der Waals surface area contributed by atoms with E-state index in [0.29, 0.717) is 0 Å². The van der Waals surface area contributed by atoms with E-state index in [0.717, 1.165) is 29.2 Å². The number of aromatic nitrogens is 2. The number of pyridine rings is 2. The molecule has 19 heavy (non-hydrogen) atoms. The maximum atomic E-state index is 5.40. The molecule has 0 bridgehead atoms. The van der Waals surface area contributed by atoms with Crippen LogP contribution in [0.2, 0.25) is 0 Å². The van der Waals surface area contributed by atoms with Crippen molar-refractivity contribution in [2.45, 2.75) is 19.9 Å². The average molecular weight is 257 g/mol. The lowest BCUT2D eigenvalue weighted by molar-refractivity contribution is 0.399. The average Bonchev–Trinajstić information content (AvgIpc) is 2.46. The fourth-order valence-electron chi connectivity index (χ4n) is 2.12. The van der Waals surface area contributed by atoms with Gasteiger partial charge in [-0.2, -0.15) is 0 Å². The summed E-state index contributed by atoms with van der Waals surface area (Å²) in [5.74, 6) is 0.776. The lowest BCUT2D eigenvalue weighted by Crippen LogP contribution is -2.25. The van der Waals surface area contributed by atoms with E-state index in [1.807, 2.05) is 24.4 Å². The van der Waals surface area contributed by atoms with Crippen LogP contribution in [0.1, 0.15) is 29.9 Å². The molecule has 0 radical (unpaired) electrons. The first-order valence-electron chi connectivity index (χ1n) is 6.41. The largest absolute Gasteiger partial charge is 0.495 e. The second-order valence-corrected chi connectivity index (χ2v) is 4.29. The summed E-state index contributed by atoms with van der Waals surface area (Å²) < 4.78 is 5.40. The number of nitrogens with zero attached hydrogens (tertiary/aromatic N) is 2. The lowest BCUT2D eigenvalue weighted by atomic mass is 10.0. The molecule has 2 aromatic heterocycles. The molecule has 4 heteroatoms. The minimum atomic E-state index is -0.0534. The highest BCUT2D eigenvalue weighted by Gasteiger charge is 2.21. The SMILES string of the molecule is CCNC(c1ncccc1C)c1ncccc1OC. The first-order valence-corrected chi connectivity index (χ1v) is 6.41. The van der Waals surface area contributed by atoms with Gasteiger partial charge in [0.1, 0.15) is 11.4 Å². The Morgan fingerprint density at radius 3 is 2.47 bits per heavy atom. The molecule has 0 amide bonds. The van der Waals surface area contributed by atoms with Crippen LogP contribution in [0.15, 0.2) is 36.7 Å². The molecule has 1 unspecified atom stereocenters. The van der Waals surface area contributed by atoms with E-state index in [-0.39, 0.29) is 6.04 Å². The van der Waals surface area contributed by atoms with Crippen molar-refractivity contribution < 1.29 is 4.74 Å². The fraction of sp³-hybridized carbons (Fsp3) is 0.333. The number of methoxy groups -OCH3 is 1. The molecule has 4 nitrogen and oxygen atoms in total. The van der Waals surface area contributed by atoms with E-state index in [9.17, 15) is 0 Å². The molecule has 0 aliphatic heterocycles. The second-order valence-electron chi connectivity index (χ2n) is 4.29. The number of rotatable bonds is 5. The third-order valence-corrected chi connectivity index (χ3v) is 3.02. The molecule has 2 rings (SSSR count). The van der Waals surface area contributed by atoms with Crippen molar-refractivity contribution >= 4 is 0 Å².